The molecule has 0 spiro atoms. The number of hydrogen-bond donors (Lipinski definition) is 2. The molecule has 0 saturated carbocycles. The Hall–Kier alpha value is -2.92. The fourth-order valence-electron chi connectivity index (χ4n) is 2.88. The number of benzene rings is 2. The second kappa shape index (κ2) is 5.37. The third-order valence-electron chi connectivity index (χ3n) is 3.86. The zero-order valence-electron chi connectivity index (χ0n) is 12.2. The molecule has 2 aromatic carbocycles. The Balaban J connectivity index is 2.11. The molecular weight excluding hydrogens is 292 g/mol. The standard InChI is InChI=1S/C18H14N2O3/c21-9-10-23-18(22)15-11-5-1-3-7-13(11)19-16-12-6-2-4-8-14(12)20-17(15)16/h1-8,20-21H,9-10H2. The summed E-state index contributed by atoms with van der Waals surface area (Å²) in [6.07, 6.45) is 0. The van der Waals surface area contributed by atoms with Gasteiger partial charge in [0.1, 0.15) is 6.61 Å². The highest BCUT2D eigenvalue weighted by atomic mass is 16.5. The summed E-state index contributed by atoms with van der Waals surface area (Å²) < 4.78 is 5.15. The largest absolute Gasteiger partial charge is 0.460 e. The molecule has 0 unspecified atom stereocenters. The zero-order valence-corrected chi connectivity index (χ0v) is 12.2. The monoisotopic (exact) mass is 306 g/mol. The van der Waals surface area contributed by atoms with Crippen LogP contribution in [0.2, 0.25) is 0 Å². The van der Waals surface area contributed by atoms with Gasteiger partial charge in [0.05, 0.1) is 28.7 Å². The van der Waals surface area contributed by atoms with Crippen LogP contribution in [0.5, 0.6) is 0 Å². The third-order valence-corrected chi connectivity index (χ3v) is 3.86. The summed E-state index contributed by atoms with van der Waals surface area (Å²) in [5.74, 6) is -0.464. The van der Waals surface area contributed by atoms with Crippen molar-refractivity contribution in [1.29, 1.82) is 0 Å². The Kier molecular flexibility index (Phi) is 3.20. The summed E-state index contributed by atoms with van der Waals surface area (Å²) in [7, 11) is 0. The fourth-order valence-corrected chi connectivity index (χ4v) is 2.88. The lowest BCUT2D eigenvalue weighted by Crippen LogP contribution is -2.10. The average molecular weight is 306 g/mol. The Morgan fingerprint density at radius 1 is 1.09 bits per heavy atom. The molecule has 23 heavy (non-hydrogen) atoms. The van der Waals surface area contributed by atoms with Crippen molar-refractivity contribution < 1.29 is 14.6 Å². The highest BCUT2D eigenvalue weighted by Crippen LogP contribution is 2.31. The maximum Gasteiger partial charge on any atom is 0.341 e. The minimum Gasteiger partial charge on any atom is -0.460 e. The van der Waals surface area contributed by atoms with E-state index in [-0.39, 0.29) is 13.2 Å². The number of para-hydroxylation sites is 2. The van der Waals surface area contributed by atoms with Crippen LogP contribution in [0.4, 0.5) is 0 Å². The van der Waals surface area contributed by atoms with Gasteiger partial charge >= 0.3 is 5.97 Å². The summed E-state index contributed by atoms with van der Waals surface area (Å²) in [5.41, 5.74) is 3.51. The predicted molar refractivity (Wildman–Crippen MR) is 88.5 cm³/mol. The Bertz CT molecular complexity index is 1040. The van der Waals surface area contributed by atoms with Crippen LogP contribution in [-0.4, -0.2) is 34.3 Å². The van der Waals surface area contributed by atoms with Crippen molar-refractivity contribution >= 4 is 38.8 Å². The van der Waals surface area contributed by atoms with E-state index >= 15 is 0 Å². The average Bonchev–Trinajstić information content (AvgIpc) is 2.95. The first-order chi connectivity index (χ1) is 11.3. The first kappa shape index (κ1) is 13.7. The molecule has 2 heterocycles. The summed E-state index contributed by atoms with van der Waals surface area (Å²) >= 11 is 0. The Labute approximate surface area is 131 Å². The van der Waals surface area contributed by atoms with Gasteiger partial charge in [0, 0.05) is 16.3 Å². The lowest BCUT2D eigenvalue weighted by Gasteiger charge is -2.08. The maximum atomic E-state index is 12.5. The van der Waals surface area contributed by atoms with Gasteiger partial charge in [-0.3, -0.25) is 0 Å². The topological polar surface area (TPSA) is 75.2 Å². The number of rotatable bonds is 3. The van der Waals surface area contributed by atoms with Crippen LogP contribution in [0.25, 0.3) is 32.8 Å². The molecule has 0 aliphatic carbocycles. The number of fused-ring (bicyclic) bond motifs is 4. The quantitative estimate of drug-likeness (QED) is 0.571. The number of pyridine rings is 1. The van der Waals surface area contributed by atoms with Gasteiger partial charge in [-0.1, -0.05) is 36.4 Å². The molecule has 0 fully saturated rings. The van der Waals surface area contributed by atoms with Crippen LogP contribution in [0.3, 0.4) is 0 Å². The van der Waals surface area contributed by atoms with Crippen LogP contribution in [0.15, 0.2) is 48.5 Å². The number of nitrogens with zero attached hydrogens (tertiary/aromatic N) is 1. The SMILES string of the molecule is O=C(OCCO)c1c2ccccc2nc2c1[nH]c1ccccc12. The number of aromatic amines is 1. The number of carbonyl (C=O) groups is 1. The van der Waals surface area contributed by atoms with Crippen LogP contribution >= 0.6 is 0 Å². The summed E-state index contributed by atoms with van der Waals surface area (Å²) in [4.78, 5) is 20.5. The van der Waals surface area contributed by atoms with Gasteiger partial charge in [0.2, 0.25) is 0 Å². The van der Waals surface area contributed by atoms with Crippen LogP contribution < -0.4 is 0 Å². The molecule has 0 aliphatic heterocycles. The number of ether oxygens (including phenoxy) is 1. The van der Waals surface area contributed by atoms with Crippen molar-refractivity contribution in [2.75, 3.05) is 13.2 Å². The van der Waals surface area contributed by atoms with E-state index in [1.807, 2.05) is 48.5 Å². The smallest absolute Gasteiger partial charge is 0.341 e. The van der Waals surface area contributed by atoms with Crippen molar-refractivity contribution in [3.8, 4) is 0 Å². The summed E-state index contributed by atoms with van der Waals surface area (Å²) in [5, 5.41) is 10.6. The van der Waals surface area contributed by atoms with Crippen molar-refractivity contribution in [2.45, 2.75) is 0 Å². The number of H-pyrrole nitrogens is 1. The van der Waals surface area contributed by atoms with Crippen molar-refractivity contribution in [3.05, 3.63) is 54.1 Å². The van der Waals surface area contributed by atoms with Gasteiger partial charge in [-0.15, -0.1) is 0 Å². The molecular formula is C18H14N2O3. The summed E-state index contributed by atoms with van der Waals surface area (Å²) in [6.45, 7) is -0.234. The normalized spacial score (nSPS) is 11.3. The van der Waals surface area contributed by atoms with E-state index in [1.165, 1.54) is 0 Å². The Morgan fingerprint density at radius 3 is 2.65 bits per heavy atom. The molecule has 2 N–H and O–H groups in total. The van der Waals surface area contributed by atoms with E-state index in [9.17, 15) is 4.79 Å². The molecule has 0 atom stereocenters. The molecule has 4 aromatic rings. The lowest BCUT2D eigenvalue weighted by molar-refractivity contribution is 0.0438. The van der Waals surface area contributed by atoms with E-state index in [0.717, 1.165) is 27.3 Å². The number of aliphatic hydroxyl groups excluding tert-OH is 1. The van der Waals surface area contributed by atoms with Crippen molar-refractivity contribution in [1.82, 2.24) is 9.97 Å². The number of aliphatic hydroxyl groups is 1. The molecule has 2 aromatic heterocycles. The molecule has 5 nitrogen and oxygen atoms in total. The van der Waals surface area contributed by atoms with Crippen LogP contribution in [0, 0.1) is 0 Å². The van der Waals surface area contributed by atoms with Gasteiger partial charge in [-0.25, -0.2) is 9.78 Å². The van der Waals surface area contributed by atoms with E-state index < -0.39 is 5.97 Å². The molecule has 0 bridgehead atoms. The van der Waals surface area contributed by atoms with E-state index in [2.05, 4.69) is 4.98 Å². The van der Waals surface area contributed by atoms with Gasteiger partial charge < -0.3 is 14.8 Å². The number of carbonyl (C=O) groups excluding carboxylic acids is 1. The van der Waals surface area contributed by atoms with Crippen LogP contribution in [-0.2, 0) is 4.74 Å². The molecule has 4 rings (SSSR count). The zero-order chi connectivity index (χ0) is 15.8. The predicted octanol–water partition coefficient (Wildman–Crippen LogP) is 3.02. The van der Waals surface area contributed by atoms with Crippen molar-refractivity contribution in [3.63, 3.8) is 0 Å². The maximum absolute atomic E-state index is 12.5. The Morgan fingerprint density at radius 2 is 1.83 bits per heavy atom. The van der Waals surface area contributed by atoms with Gasteiger partial charge in [-0.2, -0.15) is 0 Å². The first-order valence-corrected chi connectivity index (χ1v) is 7.37. The van der Waals surface area contributed by atoms with Gasteiger partial charge in [0.25, 0.3) is 0 Å². The van der Waals surface area contributed by atoms with Crippen molar-refractivity contribution in [2.24, 2.45) is 0 Å². The van der Waals surface area contributed by atoms with E-state index in [1.54, 1.807) is 0 Å². The molecule has 0 aliphatic rings. The molecule has 0 saturated heterocycles. The number of hydrogen-bond acceptors (Lipinski definition) is 4. The van der Waals surface area contributed by atoms with Gasteiger partial charge in [0.15, 0.2) is 0 Å². The number of aromatic nitrogens is 2. The minimum absolute atomic E-state index is 0.0306. The minimum atomic E-state index is -0.464. The van der Waals surface area contributed by atoms with E-state index in [4.69, 9.17) is 14.8 Å². The molecule has 0 amide bonds. The molecule has 0 radical (unpaired) electrons. The second-order valence-corrected chi connectivity index (χ2v) is 5.26. The first-order valence-electron chi connectivity index (χ1n) is 7.37. The third kappa shape index (κ3) is 2.13. The highest BCUT2D eigenvalue weighted by molar-refractivity contribution is 6.19. The second-order valence-electron chi connectivity index (χ2n) is 5.26. The highest BCUT2D eigenvalue weighted by Gasteiger charge is 2.20. The fraction of sp³-hybridized carbons (Fsp3) is 0.111. The summed E-state index contributed by atoms with van der Waals surface area (Å²) in [6, 6.07) is 15.3. The molecule has 5 heteroatoms. The number of nitrogens with one attached hydrogen (secondary N) is 1. The van der Waals surface area contributed by atoms with E-state index in [0.29, 0.717) is 11.1 Å². The number of esters is 1. The molecule has 114 valence electrons. The van der Waals surface area contributed by atoms with Crippen LogP contribution in [0.1, 0.15) is 10.4 Å². The van der Waals surface area contributed by atoms with Gasteiger partial charge in [-0.05, 0) is 12.1 Å². The lowest BCUT2D eigenvalue weighted by atomic mass is 10.1.